The SMILES string of the molecule is CCCCCCC(=O)NC1=NC(c2ccccc2)=CCC1.[HH]. The minimum atomic E-state index is 0. The van der Waals surface area contributed by atoms with Crippen molar-refractivity contribution in [2.75, 3.05) is 0 Å². The van der Waals surface area contributed by atoms with Crippen LogP contribution in [0.4, 0.5) is 0 Å². The molecule has 0 unspecified atom stereocenters. The molecule has 114 valence electrons. The summed E-state index contributed by atoms with van der Waals surface area (Å²) in [6.45, 7) is 2.17. The van der Waals surface area contributed by atoms with Crippen molar-refractivity contribution in [3.63, 3.8) is 0 Å². The molecule has 0 saturated carbocycles. The first-order valence-electron chi connectivity index (χ1n) is 7.92. The number of unbranched alkanes of at least 4 members (excludes halogenated alkanes) is 3. The molecule has 1 aromatic carbocycles. The predicted octanol–water partition coefficient (Wildman–Crippen LogP) is 4.55. The van der Waals surface area contributed by atoms with Gasteiger partial charge < -0.3 is 5.32 Å². The van der Waals surface area contributed by atoms with Crippen molar-refractivity contribution >= 4 is 17.4 Å². The molecular formula is C18H26N2O. The lowest BCUT2D eigenvalue weighted by molar-refractivity contribution is -0.119. The molecule has 0 aliphatic carbocycles. The van der Waals surface area contributed by atoms with Gasteiger partial charge >= 0.3 is 0 Å². The number of carbonyl (C=O) groups is 1. The summed E-state index contributed by atoms with van der Waals surface area (Å²) >= 11 is 0. The van der Waals surface area contributed by atoms with Crippen LogP contribution < -0.4 is 5.32 Å². The van der Waals surface area contributed by atoms with Crippen LogP contribution in [-0.4, -0.2) is 11.7 Å². The number of hydrogen-bond acceptors (Lipinski definition) is 2. The third kappa shape index (κ3) is 5.18. The fourth-order valence-corrected chi connectivity index (χ4v) is 2.41. The molecule has 0 aromatic heterocycles. The normalized spacial score (nSPS) is 14.3. The molecule has 1 aromatic rings. The molecule has 0 fully saturated rings. The van der Waals surface area contributed by atoms with Gasteiger partial charge in [0.25, 0.3) is 0 Å². The largest absolute Gasteiger partial charge is 0.314 e. The van der Waals surface area contributed by atoms with Gasteiger partial charge in [-0.25, -0.2) is 4.99 Å². The van der Waals surface area contributed by atoms with Gasteiger partial charge in [-0.1, -0.05) is 62.6 Å². The van der Waals surface area contributed by atoms with Crippen LogP contribution in [0.15, 0.2) is 41.4 Å². The lowest BCUT2D eigenvalue weighted by atomic mass is 10.1. The second-order valence-electron chi connectivity index (χ2n) is 5.41. The van der Waals surface area contributed by atoms with E-state index in [1.165, 1.54) is 12.8 Å². The Morgan fingerprint density at radius 3 is 2.81 bits per heavy atom. The molecule has 0 atom stereocenters. The summed E-state index contributed by atoms with van der Waals surface area (Å²) < 4.78 is 0. The van der Waals surface area contributed by atoms with Crippen LogP contribution in [0.1, 0.15) is 58.9 Å². The van der Waals surface area contributed by atoms with E-state index in [0.717, 1.165) is 42.8 Å². The Kier molecular flexibility index (Phi) is 6.20. The minimum absolute atomic E-state index is 0. The first-order chi connectivity index (χ1) is 10.3. The maximum Gasteiger partial charge on any atom is 0.225 e. The van der Waals surface area contributed by atoms with E-state index in [-0.39, 0.29) is 7.33 Å². The lowest BCUT2D eigenvalue weighted by Crippen LogP contribution is -2.31. The van der Waals surface area contributed by atoms with Crippen LogP contribution in [0, 0.1) is 0 Å². The number of hydrogen-bond donors (Lipinski definition) is 1. The summed E-state index contributed by atoms with van der Waals surface area (Å²) in [6.07, 6.45) is 8.97. The number of nitrogens with one attached hydrogen (secondary N) is 1. The summed E-state index contributed by atoms with van der Waals surface area (Å²) in [7, 11) is 0. The van der Waals surface area contributed by atoms with Crippen LogP contribution in [0.5, 0.6) is 0 Å². The number of rotatable bonds is 6. The Morgan fingerprint density at radius 1 is 1.24 bits per heavy atom. The first-order valence-corrected chi connectivity index (χ1v) is 7.92. The van der Waals surface area contributed by atoms with Crippen molar-refractivity contribution in [3.05, 3.63) is 42.0 Å². The van der Waals surface area contributed by atoms with Gasteiger partial charge in [0.05, 0.1) is 5.70 Å². The standard InChI is InChI=1S/C18H24N2O.H2/c1-2-3-4-8-14-18(21)20-17-13-9-12-16(19-17)15-10-6-5-7-11-15;/h5-7,10-12H,2-4,8-9,13-14H2,1H3,(H,19,20,21);1H. The molecule has 0 radical (unpaired) electrons. The van der Waals surface area contributed by atoms with Crippen LogP contribution in [0.25, 0.3) is 5.70 Å². The maximum absolute atomic E-state index is 11.9. The predicted molar refractivity (Wildman–Crippen MR) is 90.1 cm³/mol. The molecule has 0 bridgehead atoms. The molecule has 0 saturated heterocycles. The number of amidine groups is 1. The molecule has 21 heavy (non-hydrogen) atoms. The average Bonchev–Trinajstić information content (AvgIpc) is 2.53. The van der Waals surface area contributed by atoms with Gasteiger partial charge in [0.2, 0.25) is 5.91 Å². The summed E-state index contributed by atoms with van der Waals surface area (Å²) in [6, 6.07) is 10.1. The van der Waals surface area contributed by atoms with E-state index in [1.807, 2.05) is 30.3 Å². The lowest BCUT2D eigenvalue weighted by Gasteiger charge is -2.14. The summed E-state index contributed by atoms with van der Waals surface area (Å²) in [5.74, 6) is 0.899. The zero-order chi connectivity index (χ0) is 14.9. The van der Waals surface area contributed by atoms with Crippen molar-refractivity contribution in [3.8, 4) is 0 Å². The smallest absolute Gasteiger partial charge is 0.225 e. The van der Waals surface area contributed by atoms with E-state index in [2.05, 4.69) is 23.3 Å². The first kappa shape index (κ1) is 15.5. The van der Waals surface area contributed by atoms with Gasteiger partial charge in [-0.15, -0.1) is 0 Å². The van der Waals surface area contributed by atoms with Crippen molar-refractivity contribution in [2.45, 2.75) is 51.9 Å². The quantitative estimate of drug-likeness (QED) is 0.766. The molecule has 1 amide bonds. The highest BCUT2D eigenvalue weighted by molar-refractivity contribution is 6.01. The van der Waals surface area contributed by atoms with Crippen LogP contribution in [0.3, 0.4) is 0 Å². The van der Waals surface area contributed by atoms with Gasteiger partial charge in [-0.05, 0) is 18.4 Å². The molecule has 0 spiro atoms. The number of amides is 1. The summed E-state index contributed by atoms with van der Waals surface area (Å²) in [5, 5.41) is 2.97. The molecule has 1 aliphatic heterocycles. The zero-order valence-corrected chi connectivity index (χ0v) is 12.8. The van der Waals surface area contributed by atoms with Crippen LogP contribution >= 0.6 is 0 Å². The summed E-state index contributed by atoms with van der Waals surface area (Å²) in [4.78, 5) is 16.5. The molecule has 3 nitrogen and oxygen atoms in total. The monoisotopic (exact) mass is 286 g/mol. The van der Waals surface area contributed by atoms with E-state index in [4.69, 9.17) is 0 Å². The topological polar surface area (TPSA) is 41.5 Å². The third-order valence-corrected chi connectivity index (χ3v) is 3.58. The van der Waals surface area contributed by atoms with Crippen molar-refractivity contribution < 1.29 is 6.22 Å². The second kappa shape index (κ2) is 8.40. The van der Waals surface area contributed by atoms with E-state index < -0.39 is 0 Å². The van der Waals surface area contributed by atoms with Gasteiger partial charge in [0.1, 0.15) is 5.84 Å². The van der Waals surface area contributed by atoms with E-state index in [0.29, 0.717) is 6.42 Å². The Bertz CT molecular complexity index is 523. The maximum atomic E-state index is 11.9. The van der Waals surface area contributed by atoms with Crippen LogP contribution in [-0.2, 0) is 4.79 Å². The Morgan fingerprint density at radius 2 is 2.05 bits per heavy atom. The molecule has 1 aliphatic rings. The van der Waals surface area contributed by atoms with Gasteiger partial charge in [-0.2, -0.15) is 0 Å². The number of carbonyl (C=O) groups excluding carboxylic acids is 1. The van der Waals surface area contributed by atoms with E-state index >= 15 is 0 Å². The molecule has 1 N–H and O–H groups in total. The molecule has 3 heteroatoms. The highest BCUT2D eigenvalue weighted by atomic mass is 16.1. The minimum Gasteiger partial charge on any atom is -0.314 e. The van der Waals surface area contributed by atoms with E-state index in [9.17, 15) is 4.79 Å². The van der Waals surface area contributed by atoms with Gasteiger partial charge in [0, 0.05) is 14.3 Å². The van der Waals surface area contributed by atoms with Crippen LogP contribution in [0.2, 0.25) is 0 Å². The number of nitrogens with zero attached hydrogens (tertiary/aromatic N) is 1. The Hall–Kier alpha value is -1.90. The average molecular weight is 286 g/mol. The number of aliphatic imine (C=N–C) groups is 1. The fourth-order valence-electron chi connectivity index (χ4n) is 2.41. The Labute approximate surface area is 128 Å². The Balaban J connectivity index is 0.00000242. The van der Waals surface area contributed by atoms with Gasteiger partial charge in [0.15, 0.2) is 0 Å². The zero-order valence-electron chi connectivity index (χ0n) is 12.8. The van der Waals surface area contributed by atoms with E-state index in [1.54, 1.807) is 0 Å². The fraction of sp³-hybridized carbons (Fsp3) is 0.444. The van der Waals surface area contributed by atoms with Crippen molar-refractivity contribution in [2.24, 2.45) is 4.99 Å². The molecule has 2 rings (SSSR count). The highest BCUT2D eigenvalue weighted by Gasteiger charge is 2.11. The third-order valence-electron chi connectivity index (χ3n) is 3.58. The molecular weight excluding hydrogens is 260 g/mol. The second-order valence-corrected chi connectivity index (χ2v) is 5.41. The highest BCUT2D eigenvalue weighted by Crippen LogP contribution is 2.20. The number of benzene rings is 1. The summed E-state index contributed by atoms with van der Waals surface area (Å²) in [5.41, 5.74) is 2.06. The van der Waals surface area contributed by atoms with Crippen molar-refractivity contribution in [1.82, 2.24) is 5.32 Å². The van der Waals surface area contributed by atoms with Crippen molar-refractivity contribution in [1.29, 1.82) is 0 Å². The number of allylic oxidation sites excluding steroid dienone is 1. The molecule has 1 heterocycles. The van der Waals surface area contributed by atoms with Gasteiger partial charge in [-0.3, -0.25) is 4.79 Å².